The molecule has 1 heterocycles. The molecule has 2 aromatic rings. The lowest BCUT2D eigenvalue weighted by atomic mass is 9.78. The summed E-state index contributed by atoms with van der Waals surface area (Å²) in [6.07, 6.45) is 5.13. The van der Waals surface area contributed by atoms with Gasteiger partial charge < -0.3 is 10.6 Å². The number of nitrogens with one attached hydrogen (secondary N) is 2. The van der Waals surface area contributed by atoms with E-state index in [-0.39, 0.29) is 11.8 Å². The van der Waals surface area contributed by atoms with Gasteiger partial charge in [0.2, 0.25) is 11.8 Å². The third-order valence-corrected chi connectivity index (χ3v) is 4.83. The molecule has 5 nitrogen and oxygen atoms in total. The Bertz CT molecular complexity index is 784. The highest BCUT2D eigenvalue weighted by Gasteiger charge is 2.42. The van der Waals surface area contributed by atoms with E-state index in [4.69, 9.17) is 11.6 Å². The van der Waals surface area contributed by atoms with Crippen LogP contribution in [0.2, 0.25) is 5.02 Å². The molecule has 1 aromatic heterocycles. The van der Waals surface area contributed by atoms with Crippen molar-refractivity contribution in [1.82, 2.24) is 4.98 Å². The Morgan fingerprint density at radius 1 is 1.12 bits per heavy atom. The zero-order chi connectivity index (χ0) is 17.9. The number of carbonyl (C=O) groups is 2. The molecule has 2 N–H and O–H groups in total. The number of hydrogen-bond acceptors (Lipinski definition) is 3. The van der Waals surface area contributed by atoms with Gasteiger partial charge in [0.05, 0.1) is 17.3 Å². The van der Waals surface area contributed by atoms with Gasteiger partial charge in [0.15, 0.2) is 0 Å². The number of nitrogens with zero attached hydrogens (tertiary/aromatic N) is 1. The molecule has 1 aliphatic carbocycles. The van der Waals surface area contributed by atoms with E-state index in [1.165, 1.54) is 13.1 Å². The minimum Gasteiger partial charge on any atom is -0.325 e. The monoisotopic (exact) mass is 357 g/mol. The van der Waals surface area contributed by atoms with Gasteiger partial charge in [0.1, 0.15) is 5.82 Å². The van der Waals surface area contributed by atoms with Gasteiger partial charge in [-0.25, -0.2) is 4.98 Å². The molecule has 6 heteroatoms. The summed E-state index contributed by atoms with van der Waals surface area (Å²) in [7, 11) is 0. The highest BCUT2D eigenvalue weighted by Crippen LogP contribution is 2.42. The van der Waals surface area contributed by atoms with Gasteiger partial charge in [-0.05, 0) is 42.7 Å². The molecule has 1 aromatic carbocycles. The van der Waals surface area contributed by atoms with Crippen LogP contribution in [0.15, 0.2) is 42.6 Å². The normalized spacial score (nSPS) is 15.6. The number of halogens is 1. The van der Waals surface area contributed by atoms with Crippen LogP contribution in [-0.4, -0.2) is 16.8 Å². The van der Waals surface area contributed by atoms with Gasteiger partial charge in [-0.1, -0.05) is 36.6 Å². The van der Waals surface area contributed by atoms with Crippen LogP contribution in [0.3, 0.4) is 0 Å². The van der Waals surface area contributed by atoms with Crippen molar-refractivity contribution in [2.75, 3.05) is 10.6 Å². The number of anilines is 2. The predicted molar refractivity (Wildman–Crippen MR) is 98.8 cm³/mol. The molecule has 0 aliphatic heterocycles. The Kier molecular flexibility index (Phi) is 5.04. The van der Waals surface area contributed by atoms with Crippen LogP contribution >= 0.6 is 11.6 Å². The van der Waals surface area contributed by atoms with Crippen LogP contribution in [0.5, 0.6) is 0 Å². The number of pyridine rings is 1. The average Bonchev–Trinajstić information content (AvgIpc) is 3.07. The first-order valence-electron chi connectivity index (χ1n) is 8.31. The molecular weight excluding hydrogens is 338 g/mol. The summed E-state index contributed by atoms with van der Waals surface area (Å²) in [5.41, 5.74) is 0.976. The number of aromatic nitrogens is 1. The minimum absolute atomic E-state index is 0.0629. The summed E-state index contributed by atoms with van der Waals surface area (Å²) in [5.74, 6) is 0.240. The lowest BCUT2D eigenvalue weighted by molar-refractivity contribution is -0.121. The second kappa shape index (κ2) is 7.23. The zero-order valence-electron chi connectivity index (χ0n) is 14.0. The number of benzene rings is 1. The molecule has 0 atom stereocenters. The molecule has 130 valence electrons. The lowest BCUT2D eigenvalue weighted by Gasteiger charge is -2.28. The van der Waals surface area contributed by atoms with Crippen LogP contribution in [0.1, 0.15) is 38.2 Å². The van der Waals surface area contributed by atoms with Crippen molar-refractivity contribution in [2.24, 2.45) is 0 Å². The molecule has 2 amide bonds. The van der Waals surface area contributed by atoms with Crippen molar-refractivity contribution in [2.45, 2.75) is 38.0 Å². The van der Waals surface area contributed by atoms with E-state index in [1.54, 1.807) is 12.1 Å². The third-order valence-electron chi connectivity index (χ3n) is 4.59. The van der Waals surface area contributed by atoms with Crippen molar-refractivity contribution in [1.29, 1.82) is 0 Å². The van der Waals surface area contributed by atoms with E-state index in [0.717, 1.165) is 31.2 Å². The van der Waals surface area contributed by atoms with Gasteiger partial charge in [0.25, 0.3) is 0 Å². The molecule has 0 spiro atoms. The van der Waals surface area contributed by atoms with E-state index < -0.39 is 5.41 Å². The number of rotatable bonds is 4. The first kappa shape index (κ1) is 17.4. The Labute approximate surface area is 151 Å². The molecule has 25 heavy (non-hydrogen) atoms. The molecule has 0 radical (unpaired) electrons. The number of hydrogen-bond donors (Lipinski definition) is 2. The van der Waals surface area contributed by atoms with Crippen molar-refractivity contribution in [3.8, 4) is 0 Å². The zero-order valence-corrected chi connectivity index (χ0v) is 14.8. The Hall–Kier alpha value is -2.40. The number of amides is 2. The Morgan fingerprint density at radius 2 is 1.88 bits per heavy atom. The molecule has 1 saturated carbocycles. The maximum absolute atomic E-state index is 13.0. The quantitative estimate of drug-likeness (QED) is 0.863. The van der Waals surface area contributed by atoms with Crippen molar-refractivity contribution < 1.29 is 9.59 Å². The van der Waals surface area contributed by atoms with Crippen LogP contribution in [0, 0.1) is 0 Å². The van der Waals surface area contributed by atoms with Gasteiger partial charge in [0, 0.05) is 11.9 Å². The summed E-state index contributed by atoms with van der Waals surface area (Å²) < 4.78 is 0. The van der Waals surface area contributed by atoms with Gasteiger partial charge >= 0.3 is 0 Å². The van der Waals surface area contributed by atoms with Gasteiger partial charge in [-0.2, -0.15) is 0 Å². The first-order chi connectivity index (χ1) is 12.0. The first-order valence-corrected chi connectivity index (χ1v) is 8.68. The lowest BCUT2D eigenvalue weighted by Crippen LogP contribution is -2.38. The SMILES string of the molecule is CC(=O)Nc1ccc(NC(=O)C2(c3cccc(Cl)c3)CCCC2)nc1. The average molecular weight is 358 g/mol. The molecule has 1 fully saturated rings. The maximum Gasteiger partial charge on any atom is 0.236 e. The largest absolute Gasteiger partial charge is 0.325 e. The standard InChI is InChI=1S/C19H20ClN3O2/c1-13(24)22-16-7-8-17(21-12-16)23-18(25)19(9-2-3-10-19)14-5-4-6-15(20)11-14/h4-8,11-12H,2-3,9-10H2,1H3,(H,22,24)(H,21,23,25). The van der Waals surface area contributed by atoms with E-state index in [1.807, 2.05) is 24.3 Å². The third kappa shape index (κ3) is 3.82. The molecule has 0 bridgehead atoms. The fourth-order valence-electron chi connectivity index (χ4n) is 3.39. The number of carbonyl (C=O) groups excluding carboxylic acids is 2. The molecule has 1 aliphatic rings. The van der Waals surface area contributed by atoms with Gasteiger partial charge in [-0.15, -0.1) is 0 Å². The second-order valence-electron chi connectivity index (χ2n) is 6.37. The van der Waals surface area contributed by atoms with E-state index in [2.05, 4.69) is 15.6 Å². The highest BCUT2D eigenvalue weighted by molar-refractivity contribution is 6.30. The topological polar surface area (TPSA) is 71.1 Å². The Morgan fingerprint density at radius 3 is 2.48 bits per heavy atom. The fraction of sp³-hybridized carbons (Fsp3) is 0.316. The van der Waals surface area contributed by atoms with Crippen LogP contribution < -0.4 is 10.6 Å². The summed E-state index contributed by atoms with van der Waals surface area (Å²) in [4.78, 5) is 28.3. The molecule has 3 rings (SSSR count). The fourth-order valence-corrected chi connectivity index (χ4v) is 3.58. The highest BCUT2D eigenvalue weighted by atomic mass is 35.5. The second-order valence-corrected chi connectivity index (χ2v) is 6.80. The van der Waals surface area contributed by atoms with E-state index in [9.17, 15) is 9.59 Å². The smallest absolute Gasteiger partial charge is 0.236 e. The molecule has 0 saturated heterocycles. The van der Waals surface area contributed by atoms with E-state index >= 15 is 0 Å². The summed E-state index contributed by atoms with van der Waals surface area (Å²) >= 11 is 6.13. The van der Waals surface area contributed by atoms with Gasteiger partial charge in [-0.3, -0.25) is 9.59 Å². The van der Waals surface area contributed by atoms with Crippen molar-refractivity contribution in [3.05, 3.63) is 53.2 Å². The van der Waals surface area contributed by atoms with Crippen molar-refractivity contribution >= 4 is 34.9 Å². The summed E-state index contributed by atoms with van der Waals surface area (Å²) in [6, 6.07) is 10.9. The van der Waals surface area contributed by atoms with E-state index in [0.29, 0.717) is 16.5 Å². The molecule has 0 unspecified atom stereocenters. The van der Waals surface area contributed by atoms with Crippen molar-refractivity contribution in [3.63, 3.8) is 0 Å². The van der Waals surface area contributed by atoms with Crippen LogP contribution in [0.4, 0.5) is 11.5 Å². The predicted octanol–water partition coefficient (Wildman–Crippen LogP) is 4.14. The molecular formula is C19H20ClN3O2. The Balaban J connectivity index is 1.81. The van der Waals surface area contributed by atoms with Crippen LogP contribution in [0.25, 0.3) is 0 Å². The van der Waals surface area contributed by atoms with Crippen LogP contribution in [-0.2, 0) is 15.0 Å². The summed E-state index contributed by atoms with van der Waals surface area (Å²) in [6.45, 7) is 1.44. The minimum atomic E-state index is -0.567. The maximum atomic E-state index is 13.0. The summed E-state index contributed by atoms with van der Waals surface area (Å²) in [5, 5.41) is 6.20.